The van der Waals surface area contributed by atoms with E-state index in [0.717, 1.165) is 22.3 Å². The van der Waals surface area contributed by atoms with Crippen LogP contribution in [0.15, 0.2) is 109 Å². The lowest BCUT2D eigenvalue weighted by Crippen LogP contribution is -2.38. The number of ketones is 1. The quantitative estimate of drug-likeness (QED) is 0.123. The van der Waals surface area contributed by atoms with Crippen LogP contribution in [0.3, 0.4) is 0 Å². The van der Waals surface area contributed by atoms with Gasteiger partial charge in [0.25, 0.3) is 0 Å². The van der Waals surface area contributed by atoms with E-state index in [9.17, 15) is 14.7 Å². The Morgan fingerprint density at radius 3 is 1.98 bits per heavy atom. The summed E-state index contributed by atoms with van der Waals surface area (Å²) in [5.74, 6) is 0.873. The molecule has 42 heavy (non-hydrogen) atoms. The van der Waals surface area contributed by atoms with Crippen LogP contribution in [0.4, 0.5) is 0 Å². The minimum atomic E-state index is -0.790. The molecule has 0 saturated heterocycles. The average Bonchev–Trinajstić information content (AvgIpc) is 3.00. The van der Waals surface area contributed by atoms with E-state index in [1.165, 1.54) is 0 Å². The van der Waals surface area contributed by atoms with Crippen molar-refractivity contribution in [3.05, 3.63) is 137 Å². The second-order valence-electron chi connectivity index (χ2n) is 11.1. The molecule has 0 fully saturated rings. The van der Waals surface area contributed by atoms with Crippen LogP contribution in [0.1, 0.15) is 60.3 Å². The van der Waals surface area contributed by atoms with E-state index in [4.69, 9.17) is 14.2 Å². The van der Waals surface area contributed by atoms with Gasteiger partial charge >= 0.3 is 5.97 Å². The lowest BCUT2D eigenvalue weighted by Gasteiger charge is -2.42. The van der Waals surface area contributed by atoms with Crippen LogP contribution >= 0.6 is 0 Å². The van der Waals surface area contributed by atoms with E-state index in [-0.39, 0.29) is 38.2 Å². The van der Waals surface area contributed by atoms with Crippen molar-refractivity contribution >= 4 is 11.8 Å². The van der Waals surface area contributed by atoms with Crippen molar-refractivity contribution in [2.45, 2.75) is 33.1 Å². The summed E-state index contributed by atoms with van der Waals surface area (Å²) in [5, 5.41) is 9.18. The third kappa shape index (κ3) is 6.09. The minimum absolute atomic E-state index is 0.0111. The molecule has 0 aromatic heterocycles. The molecule has 3 aromatic carbocycles. The Hall–Kier alpha value is -4.42. The number of carbonyl (C=O) groups is 2. The highest BCUT2D eigenvalue weighted by atomic mass is 16.6. The maximum Gasteiger partial charge on any atom is 0.311 e. The van der Waals surface area contributed by atoms with Gasteiger partial charge in [0.05, 0.1) is 17.4 Å². The first-order chi connectivity index (χ1) is 20.1. The van der Waals surface area contributed by atoms with Crippen molar-refractivity contribution in [3.8, 4) is 5.75 Å². The van der Waals surface area contributed by atoms with Gasteiger partial charge in [-0.25, -0.2) is 0 Å². The smallest absolute Gasteiger partial charge is 0.311 e. The summed E-state index contributed by atoms with van der Waals surface area (Å²) in [7, 11) is 0. The predicted molar refractivity (Wildman–Crippen MR) is 164 cm³/mol. The molecule has 1 N–H and O–H groups in total. The maximum atomic E-state index is 13.6. The number of hydrogen-bond acceptors (Lipinski definition) is 6. The third-order valence-corrected chi connectivity index (χ3v) is 7.29. The van der Waals surface area contributed by atoms with Crippen molar-refractivity contribution in [2.75, 3.05) is 26.4 Å². The monoisotopic (exact) mass is 566 g/mol. The predicted octanol–water partition coefficient (Wildman–Crippen LogP) is 6.56. The van der Waals surface area contributed by atoms with Crippen molar-refractivity contribution < 1.29 is 28.9 Å². The number of carbonyl (C=O) groups excluding carboxylic acids is 2. The zero-order valence-electron chi connectivity index (χ0n) is 24.7. The zero-order chi connectivity index (χ0) is 30.3. The molecular formula is C36H38O6. The molecule has 6 heteroatoms. The Labute approximate surface area is 247 Å². The van der Waals surface area contributed by atoms with Gasteiger partial charge in [-0.05, 0) is 68.7 Å². The van der Waals surface area contributed by atoms with Crippen molar-refractivity contribution in [1.82, 2.24) is 0 Å². The molecule has 0 heterocycles. The SMILES string of the molecule is C=C/C(=C\C=C(/C)C1(c2ccc(OCCO)cc2)c2ccccc2C(=O)c2ccccc21)OCCOC(=O)C(C)(C)C. The van der Waals surface area contributed by atoms with Crippen molar-refractivity contribution in [3.63, 3.8) is 0 Å². The summed E-state index contributed by atoms with van der Waals surface area (Å²) in [6.45, 7) is 11.8. The summed E-state index contributed by atoms with van der Waals surface area (Å²) >= 11 is 0. The molecule has 3 aromatic rings. The summed E-state index contributed by atoms with van der Waals surface area (Å²) in [6, 6.07) is 23.2. The molecule has 4 rings (SSSR count). The summed E-state index contributed by atoms with van der Waals surface area (Å²) in [6.07, 6.45) is 5.44. The number of fused-ring (bicyclic) bond motifs is 2. The summed E-state index contributed by atoms with van der Waals surface area (Å²) in [4.78, 5) is 25.7. The number of benzene rings is 3. The van der Waals surface area contributed by atoms with E-state index < -0.39 is 10.8 Å². The summed E-state index contributed by atoms with van der Waals surface area (Å²) in [5.41, 5.74) is 3.61. The Morgan fingerprint density at radius 1 is 0.857 bits per heavy atom. The van der Waals surface area contributed by atoms with Gasteiger partial charge in [0.2, 0.25) is 0 Å². The standard InChI is InChI=1S/C36H38O6/c1-6-27(41-23-24-42-34(39)35(3,4)5)18-15-25(2)36(26-16-19-28(20-17-26)40-22-21-37)31-13-9-7-11-29(31)33(38)30-12-8-10-14-32(30)36/h6-20,37H,1,21-24H2,2-5H3/b25-15+,27-18+. The Kier molecular flexibility index (Phi) is 9.48. The Balaban J connectivity index is 1.79. The molecule has 0 unspecified atom stereocenters. The first-order valence-corrected chi connectivity index (χ1v) is 14.0. The normalized spacial score (nSPS) is 14.5. The van der Waals surface area contributed by atoms with Crippen LogP contribution in [-0.4, -0.2) is 43.3 Å². The number of aliphatic hydroxyl groups is 1. The average molecular weight is 567 g/mol. The number of hydrogen-bond donors (Lipinski definition) is 1. The van der Waals surface area contributed by atoms with Crippen LogP contribution in [-0.2, 0) is 19.7 Å². The number of ether oxygens (including phenoxy) is 3. The fraction of sp³-hybridized carbons (Fsp3) is 0.278. The highest BCUT2D eigenvalue weighted by molar-refractivity contribution is 6.14. The zero-order valence-corrected chi connectivity index (χ0v) is 24.7. The van der Waals surface area contributed by atoms with Gasteiger partial charge in [-0.15, -0.1) is 0 Å². The van der Waals surface area contributed by atoms with Gasteiger partial charge in [-0.3, -0.25) is 9.59 Å². The first kappa shape index (κ1) is 30.5. The van der Waals surface area contributed by atoms with Crippen LogP contribution in [0.2, 0.25) is 0 Å². The largest absolute Gasteiger partial charge is 0.491 e. The summed E-state index contributed by atoms with van der Waals surface area (Å²) < 4.78 is 16.8. The number of rotatable bonds is 11. The Bertz CT molecular complexity index is 1450. The Morgan fingerprint density at radius 2 is 1.43 bits per heavy atom. The molecule has 0 saturated carbocycles. The second kappa shape index (κ2) is 13.0. The van der Waals surface area contributed by atoms with Gasteiger partial charge in [0.15, 0.2) is 5.78 Å². The van der Waals surface area contributed by atoms with E-state index in [2.05, 4.69) is 6.58 Å². The minimum Gasteiger partial charge on any atom is -0.491 e. The number of esters is 1. The molecule has 1 aliphatic carbocycles. The van der Waals surface area contributed by atoms with Crippen LogP contribution in [0.5, 0.6) is 5.75 Å². The van der Waals surface area contributed by atoms with Gasteiger partial charge in [-0.2, -0.15) is 0 Å². The van der Waals surface area contributed by atoms with Crippen molar-refractivity contribution in [1.29, 1.82) is 0 Å². The van der Waals surface area contributed by atoms with Gasteiger partial charge in [0, 0.05) is 11.1 Å². The van der Waals surface area contributed by atoms with E-state index in [0.29, 0.717) is 22.6 Å². The molecule has 0 bridgehead atoms. The lowest BCUT2D eigenvalue weighted by molar-refractivity contribution is -0.154. The molecule has 0 spiro atoms. The maximum absolute atomic E-state index is 13.6. The van der Waals surface area contributed by atoms with Gasteiger partial charge < -0.3 is 19.3 Å². The molecule has 0 amide bonds. The first-order valence-electron chi connectivity index (χ1n) is 14.0. The molecule has 0 aliphatic heterocycles. The van der Waals surface area contributed by atoms with Crippen molar-refractivity contribution in [2.24, 2.45) is 5.41 Å². The molecule has 0 atom stereocenters. The molecule has 0 radical (unpaired) electrons. The van der Waals surface area contributed by atoms with Crippen LogP contribution in [0, 0.1) is 5.41 Å². The lowest BCUT2D eigenvalue weighted by atomic mass is 9.59. The van der Waals surface area contributed by atoms with Gasteiger partial charge in [0.1, 0.15) is 31.3 Å². The number of allylic oxidation sites excluding steroid dienone is 4. The molecular weight excluding hydrogens is 528 g/mol. The molecule has 218 valence electrons. The highest BCUT2D eigenvalue weighted by Crippen LogP contribution is 2.51. The molecule has 1 aliphatic rings. The van der Waals surface area contributed by atoms with Crippen LogP contribution in [0.25, 0.3) is 0 Å². The topological polar surface area (TPSA) is 82.1 Å². The van der Waals surface area contributed by atoms with Gasteiger partial charge in [-0.1, -0.05) is 78.9 Å². The van der Waals surface area contributed by atoms with E-state index in [1.54, 1.807) is 26.8 Å². The highest BCUT2D eigenvalue weighted by Gasteiger charge is 2.45. The fourth-order valence-corrected chi connectivity index (χ4v) is 5.25. The molecule has 6 nitrogen and oxygen atoms in total. The third-order valence-electron chi connectivity index (χ3n) is 7.29. The second-order valence-corrected chi connectivity index (χ2v) is 11.1. The fourth-order valence-electron chi connectivity index (χ4n) is 5.25. The van der Waals surface area contributed by atoms with Crippen LogP contribution < -0.4 is 4.74 Å². The van der Waals surface area contributed by atoms with E-state index in [1.807, 2.05) is 91.9 Å². The number of aliphatic hydroxyl groups excluding tert-OH is 1. The van der Waals surface area contributed by atoms with E-state index >= 15 is 0 Å².